The van der Waals surface area contributed by atoms with Gasteiger partial charge in [-0.25, -0.2) is 0 Å². The predicted molar refractivity (Wildman–Crippen MR) is 357 cm³/mol. The molecular weight excluding hydrogens is 1440 g/mol. The quantitative estimate of drug-likeness (QED) is 0.359. The standard InChI is InChI=1S/C25H19NO2.S34/c27-18-12-24-13-19(28)15-25(24,14-18)22-11-17(16-5-2-1-3-6-16)8-9-20(22)23-21(24)7-4-10-26-23;1-3-5-7-9-11-13-15-17-19-21-23-25-27-29-31-33-34-32-30-28-26-24-22-20-18-16-14-12-10-8-6-4-2/h1-11H,12-15H2;. The summed E-state index contributed by atoms with van der Waals surface area (Å²) in [6.45, 7) is 0. The first-order valence-electron chi connectivity index (χ1n) is 15.3. The van der Waals surface area contributed by atoms with E-state index in [1.165, 1.54) is 17.8 Å². The number of benzene rings is 2. The van der Waals surface area contributed by atoms with E-state index in [2.05, 4.69) is 36.4 Å². The van der Waals surface area contributed by atoms with Crippen LogP contribution in [0.2, 0.25) is 0 Å². The van der Waals surface area contributed by atoms with E-state index in [-0.39, 0.29) is 11.6 Å². The van der Waals surface area contributed by atoms with Gasteiger partial charge in [0.2, 0.25) is 0 Å². The summed E-state index contributed by atoms with van der Waals surface area (Å²) in [6, 6.07) is 20.8. The highest BCUT2D eigenvalue weighted by Gasteiger charge is 2.67. The fourth-order valence-electron chi connectivity index (χ4n) is 6.47. The number of carbonyl (C=O) groups is 2. The van der Waals surface area contributed by atoms with E-state index >= 15 is 0 Å². The minimum Gasteiger partial charge on any atom is -0.300 e. The molecule has 0 unspecified atom stereocenters. The van der Waals surface area contributed by atoms with Gasteiger partial charge in [-0.15, -0.1) is 0 Å². The first kappa shape index (κ1) is 57.3. The van der Waals surface area contributed by atoms with E-state index in [1.54, 1.807) is 107 Å². The Morgan fingerprint density at radius 3 is 1.11 bits per heavy atom. The molecule has 0 N–H and O–H groups in total. The molecule has 340 valence electrons. The van der Waals surface area contributed by atoms with E-state index < -0.39 is 10.8 Å². The van der Waals surface area contributed by atoms with Crippen molar-refractivity contribution in [3.05, 3.63) is 78.0 Å². The highest BCUT2D eigenvalue weighted by molar-refractivity contribution is 8.80. The monoisotopic (exact) mass is 1450 g/mol. The fraction of sp³-hybridized carbons (Fsp3) is 0.240. The van der Waals surface area contributed by atoms with Gasteiger partial charge in [-0.2, -0.15) is 0 Å². The number of fused-ring (bicyclic) bond motifs is 3. The number of hydrogen-bond donors (Lipinski definition) is 0. The van der Waals surface area contributed by atoms with Crippen molar-refractivity contribution in [2.45, 2.75) is 36.5 Å². The lowest BCUT2D eigenvalue weighted by Crippen LogP contribution is -2.43. The summed E-state index contributed by atoms with van der Waals surface area (Å²) in [5.74, 6) is 0.528. The summed E-state index contributed by atoms with van der Waals surface area (Å²) in [6.07, 6.45) is 3.63. The lowest BCUT2D eigenvalue weighted by Gasteiger charge is -2.45. The molecule has 0 amide bonds. The van der Waals surface area contributed by atoms with Crippen LogP contribution >= 0.6 is 0 Å². The van der Waals surface area contributed by atoms with Gasteiger partial charge in [0.1, 0.15) is 11.6 Å². The Morgan fingerprint density at radius 1 is 0.387 bits per heavy atom. The van der Waals surface area contributed by atoms with Crippen molar-refractivity contribution in [1.82, 2.24) is 4.98 Å². The lowest BCUT2D eigenvalue weighted by molar-refractivity contribution is -0.120. The van der Waals surface area contributed by atoms with E-state index in [1.807, 2.05) is 190 Å². The molecule has 0 saturated heterocycles. The van der Waals surface area contributed by atoms with Crippen molar-refractivity contribution in [2.75, 3.05) is 0 Å². The molecule has 6 rings (SSSR count). The molecule has 2 saturated carbocycles. The molecule has 62 heavy (non-hydrogen) atoms. The molecule has 37 heteroatoms. The minimum atomic E-state index is -0.424. The van der Waals surface area contributed by atoms with Crippen LogP contribution in [0.1, 0.15) is 36.8 Å². The second kappa shape index (κ2) is 34.7. The summed E-state index contributed by atoms with van der Waals surface area (Å²) in [5, 5.41) is 0. The molecule has 1 heterocycles. The van der Waals surface area contributed by atoms with Gasteiger partial charge in [0.15, 0.2) is 0 Å². The fourth-order valence-corrected chi connectivity index (χ4v) is 88.8. The Morgan fingerprint density at radius 2 is 0.742 bits per heavy atom. The smallest absolute Gasteiger partial charge is 0.134 e. The Kier molecular flexibility index (Phi) is 32.1. The first-order chi connectivity index (χ1) is 30.5. The molecule has 3 nitrogen and oxygen atoms in total. The van der Waals surface area contributed by atoms with Crippen molar-refractivity contribution in [3.63, 3.8) is 0 Å². The second-order valence-corrected chi connectivity index (χ2v) is 67.3. The molecule has 3 aliphatic rings. The molecule has 3 aliphatic carbocycles. The van der Waals surface area contributed by atoms with Crippen LogP contribution in [-0.2, 0) is 327 Å². The van der Waals surface area contributed by atoms with Gasteiger partial charge in [-0.1, -0.05) is 48.5 Å². The number of nitrogens with zero attached hydrogens (tertiary/aromatic N) is 1. The third kappa shape index (κ3) is 19.1. The highest BCUT2D eigenvalue weighted by Crippen LogP contribution is 2.67. The maximum absolute atomic E-state index is 12.8. The van der Waals surface area contributed by atoms with Crippen LogP contribution in [0.15, 0.2) is 66.9 Å². The van der Waals surface area contributed by atoms with Gasteiger partial charge in [-0.3, -0.25) is 14.6 Å². The number of ketones is 2. The molecule has 0 spiro atoms. The summed E-state index contributed by atoms with van der Waals surface area (Å²) < 4.78 is 0. The summed E-state index contributed by atoms with van der Waals surface area (Å²) in [4.78, 5) is 30.2. The van der Waals surface area contributed by atoms with Crippen LogP contribution in [0, 0.1) is 0 Å². The van der Waals surface area contributed by atoms with Crippen molar-refractivity contribution < 1.29 is 9.59 Å². The van der Waals surface area contributed by atoms with Crippen LogP contribution in [-0.4, -0.2) is 16.6 Å². The van der Waals surface area contributed by atoms with Gasteiger partial charge in [-0.05, 0) is 34.4 Å². The Hall–Kier alpha value is 4.41. The Bertz CT molecular complexity index is 3630. The van der Waals surface area contributed by atoms with Gasteiger partial charge in [0, 0.05) is 355 Å². The molecule has 2 aromatic carbocycles. The number of Topliss-reactive ketones (excluding diaryl/α,β-unsaturated/α-hetero) is 2. The van der Waals surface area contributed by atoms with Crippen LogP contribution < -0.4 is 0 Å². The normalized spacial score (nSPS) is 16.5. The second-order valence-electron chi connectivity index (χ2n) is 10.7. The van der Waals surface area contributed by atoms with Crippen LogP contribution in [0.3, 0.4) is 0 Å². The molecular formula is C25H19NO2S34. The van der Waals surface area contributed by atoms with Gasteiger partial charge in [0.05, 0.1) is 5.69 Å². The van der Waals surface area contributed by atoms with Crippen molar-refractivity contribution >= 4 is 318 Å². The van der Waals surface area contributed by atoms with Gasteiger partial charge < -0.3 is 0 Å². The van der Waals surface area contributed by atoms with Crippen molar-refractivity contribution in [2.24, 2.45) is 0 Å². The van der Waals surface area contributed by atoms with Crippen molar-refractivity contribution in [1.29, 1.82) is 0 Å². The molecule has 3 aromatic rings. The molecule has 0 aliphatic heterocycles. The number of aromatic nitrogens is 1. The predicted octanol–water partition coefficient (Wildman–Crippen LogP) is 4.55. The SMILES string of the molecule is O=C1CC23CC(=O)CC2(C1)c1cccnc1-c1ccc(-c2ccccc2)cc13.S=S=S=S=S=S=S=S=S=S=S=S=S=S=S=S=S=S=S=S=S=S=S=S=S=S=S=S=S=S=S=S=S=S. The average Bonchev–Trinajstić information content (AvgIpc) is 3.75. The topological polar surface area (TPSA) is 47.0 Å². The maximum atomic E-state index is 12.8. The first-order valence-corrected chi connectivity index (χ1v) is 59.3. The summed E-state index contributed by atoms with van der Waals surface area (Å²) in [5.41, 5.74) is 5.68. The van der Waals surface area contributed by atoms with E-state index in [9.17, 15) is 9.59 Å². The van der Waals surface area contributed by atoms with Gasteiger partial charge in [0.25, 0.3) is 0 Å². The zero-order valence-electron chi connectivity index (χ0n) is 29.3. The number of pyridine rings is 1. The number of hydrogen-bond acceptors (Lipinski definition) is 5. The highest BCUT2D eigenvalue weighted by atomic mass is 33.5. The van der Waals surface area contributed by atoms with Crippen LogP contribution in [0.4, 0.5) is 0 Å². The van der Waals surface area contributed by atoms with E-state index in [0.717, 1.165) is 33.5 Å². The van der Waals surface area contributed by atoms with Crippen LogP contribution in [0.25, 0.3) is 22.4 Å². The molecule has 1 aromatic heterocycles. The third-order valence-corrected chi connectivity index (χ3v) is 76.9. The number of carbonyl (C=O) groups excluding carboxylic acids is 2. The third-order valence-electron chi connectivity index (χ3n) is 7.99. The maximum Gasteiger partial charge on any atom is 0.134 e. The molecule has 2 fully saturated rings. The average molecular weight is 1460 g/mol. The van der Waals surface area contributed by atoms with Crippen LogP contribution in [0.5, 0.6) is 0 Å². The van der Waals surface area contributed by atoms with Gasteiger partial charge >= 0.3 is 0 Å². The largest absolute Gasteiger partial charge is 0.300 e. The van der Waals surface area contributed by atoms with E-state index in [0.29, 0.717) is 25.7 Å². The minimum absolute atomic E-state index is 0.264. The molecule has 0 bridgehead atoms. The Balaban J connectivity index is 0.000000236. The lowest BCUT2D eigenvalue weighted by atomic mass is 9.56. The molecule has 0 atom stereocenters. The zero-order chi connectivity index (χ0) is 43.6. The van der Waals surface area contributed by atoms with E-state index in [4.69, 9.17) is 27.4 Å². The number of rotatable bonds is 1. The van der Waals surface area contributed by atoms with Crippen molar-refractivity contribution in [3.8, 4) is 22.4 Å². The zero-order valence-corrected chi connectivity index (χ0v) is 57.1. The molecule has 0 radical (unpaired) electrons. The summed E-state index contributed by atoms with van der Waals surface area (Å²) in [7, 11) is 56.4. The Labute approximate surface area is 459 Å². The summed E-state index contributed by atoms with van der Waals surface area (Å²) >= 11 is 9.59.